The number of para-hydroxylation sites is 1. The first kappa shape index (κ1) is 29.0. The Balaban J connectivity index is 1.36. The summed E-state index contributed by atoms with van der Waals surface area (Å²) >= 11 is 12.3. The second-order valence-electron chi connectivity index (χ2n) is 9.63. The van der Waals surface area contributed by atoms with Crippen molar-refractivity contribution in [2.45, 2.75) is 24.8 Å². The van der Waals surface area contributed by atoms with Crippen molar-refractivity contribution >= 4 is 40.7 Å². The van der Waals surface area contributed by atoms with Gasteiger partial charge < -0.3 is 11.1 Å². The molecular formula is C29H30Cl2F2N4O2. The highest BCUT2D eigenvalue weighted by Crippen LogP contribution is 2.31. The smallest absolute Gasteiger partial charge is 0.238 e. The van der Waals surface area contributed by atoms with Crippen molar-refractivity contribution in [3.8, 4) is 0 Å². The number of nitrogens with zero attached hydrogens (tertiary/aromatic N) is 2. The van der Waals surface area contributed by atoms with Crippen LogP contribution in [0.15, 0.2) is 66.7 Å². The largest absolute Gasteiger partial charge is 0.368 e. The highest BCUT2D eigenvalue weighted by Gasteiger charge is 2.31. The summed E-state index contributed by atoms with van der Waals surface area (Å²) in [7, 11) is 0. The maximum atomic E-state index is 13.5. The van der Waals surface area contributed by atoms with Crippen LogP contribution in [0.5, 0.6) is 0 Å². The number of piperazine rings is 1. The monoisotopic (exact) mass is 574 g/mol. The quantitative estimate of drug-likeness (QED) is 0.344. The summed E-state index contributed by atoms with van der Waals surface area (Å²) in [6, 6.07) is 17.1. The number of primary amides is 1. The first-order valence-corrected chi connectivity index (χ1v) is 13.5. The molecule has 1 atom stereocenters. The molecule has 1 unspecified atom stereocenters. The van der Waals surface area contributed by atoms with Gasteiger partial charge >= 0.3 is 0 Å². The van der Waals surface area contributed by atoms with Gasteiger partial charge in [0.2, 0.25) is 11.8 Å². The fourth-order valence-electron chi connectivity index (χ4n) is 4.97. The van der Waals surface area contributed by atoms with Crippen molar-refractivity contribution in [2.24, 2.45) is 5.73 Å². The number of amides is 2. The molecule has 2 amide bonds. The van der Waals surface area contributed by atoms with E-state index in [0.717, 1.165) is 17.5 Å². The number of nitrogens with two attached hydrogens (primary N) is 1. The number of hydrogen-bond acceptors (Lipinski definition) is 4. The van der Waals surface area contributed by atoms with Crippen LogP contribution in [-0.4, -0.2) is 60.4 Å². The van der Waals surface area contributed by atoms with Gasteiger partial charge in [-0.3, -0.25) is 19.4 Å². The van der Waals surface area contributed by atoms with Crippen LogP contribution in [-0.2, 0) is 9.59 Å². The van der Waals surface area contributed by atoms with Crippen LogP contribution >= 0.6 is 23.2 Å². The Kier molecular flexibility index (Phi) is 9.91. The Hall–Kier alpha value is -3.04. The van der Waals surface area contributed by atoms with E-state index in [4.69, 9.17) is 28.9 Å². The summed E-state index contributed by atoms with van der Waals surface area (Å²) in [5, 5.41) is 3.43. The number of hydrogen-bond donors (Lipinski definition) is 2. The minimum atomic E-state index is -0.550. The maximum absolute atomic E-state index is 13.5. The zero-order valence-electron chi connectivity index (χ0n) is 21.3. The molecule has 6 nitrogen and oxygen atoms in total. The molecule has 39 heavy (non-hydrogen) atoms. The van der Waals surface area contributed by atoms with Crippen molar-refractivity contribution in [1.82, 2.24) is 9.80 Å². The van der Waals surface area contributed by atoms with E-state index >= 15 is 0 Å². The minimum Gasteiger partial charge on any atom is -0.368 e. The average Bonchev–Trinajstić information content (AvgIpc) is 2.91. The predicted octanol–water partition coefficient (Wildman–Crippen LogP) is 5.29. The second-order valence-corrected chi connectivity index (χ2v) is 10.4. The molecule has 0 aromatic heterocycles. The van der Waals surface area contributed by atoms with E-state index in [9.17, 15) is 18.4 Å². The molecule has 1 saturated heterocycles. The summed E-state index contributed by atoms with van der Waals surface area (Å²) in [6.07, 6.45) is 1.44. The van der Waals surface area contributed by atoms with Crippen LogP contribution in [0, 0.1) is 11.6 Å². The van der Waals surface area contributed by atoms with Crippen LogP contribution in [0.1, 0.15) is 29.9 Å². The summed E-state index contributed by atoms with van der Waals surface area (Å²) in [4.78, 5) is 28.9. The van der Waals surface area contributed by atoms with Crippen LogP contribution in [0.25, 0.3) is 0 Å². The molecule has 1 fully saturated rings. The van der Waals surface area contributed by atoms with Crippen LogP contribution < -0.4 is 11.1 Å². The fourth-order valence-corrected chi connectivity index (χ4v) is 5.46. The summed E-state index contributed by atoms with van der Waals surface area (Å²) < 4.78 is 27.1. The number of nitrogens with one attached hydrogen (secondary N) is 1. The van der Waals surface area contributed by atoms with E-state index in [1.54, 1.807) is 42.5 Å². The molecule has 1 aliphatic heterocycles. The zero-order valence-corrected chi connectivity index (χ0v) is 22.8. The van der Waals surface area contributed by atoms with Crippen LogP contribution in [0.3, 0.4) is 0 Å². The third-order valence-electron chi connectivity index (χ3n) is 6.98. The normalized spacial score (nSPS) is 16.4. The van der Waals surface area contributed by atoms with Crippen molar-refractivity contribution < 1.29 is 18.4 Å². The average molecular weight is 575 g/mol. The van der Waals surface area contributed by atoms with Gasteiger partial charge in [0.25, 0.3) is 0 Å². The van der Waals surface area contributed by atoms with E-state index < -0.39 is 11.9 Å². The molecule has 3 aromatic rings. The van der Waals surface area contributed by atoms with Gasteiger partial charge in [0, 0.05) is 25.6 Å². The lowest BCUT2D eigenvalue weighted by atomic mass is 9.87. The van der Waals surface area contributed by atoms with E-state index in [0.29, 0.717) is 48.3 Å². The van der Waals surface area contributed by atoms with Gasteiger partial charge in [-0.05, 0) is 66.9 Å². The van der Waals surface area contributed by atoms with Gasteiger partial charge in [0.15, 0.2) is 0 Å². The molecule has 3 aromatic carbocycles. The Bertz CT molecular complexity index is 1230. The Labute approximate surface area is 236 Å². The lowest BCUT2D eigenvalue weighted by Crippen LogP contribution is -2.59. The lowest BCUT2D eigenvalue weighted by molar-refractivity contribution is -0.127. The summed E-state index contributed by atoms with van der Waals surface area (Å²) in [5.41, 5.74) is 7.96. The molecule has 3 N–H and O–H groups in total. The fraction of sp³-hybridized carbons (Fsp3) is 0.310. The SMILES string of the molecule is NC(=O)C1CN(CC(=O)Nc2c(Cl)cccc2Cl)CCN1CCCC(c1ccc(F)cc1)c1ccc(F)cc1. The number of halogens is 4. The maximum Gasteiger partial charge on any atom is 0.238 e. The predicted molar refractivity (Wildman–Crippen MR) is 150 cm³/mol. The minimum absolute atomic E-state index is 0.0557. The molecular weight excluding hydrogens is 545 g/mol. The molecule has 4 rings (SSSR count). The Morgan fingerprint density at radius 1 is 0.923 bits per heavy atom. The Morgan fingerprint density at radius 2 is 1.49 bits per heavy atom. The number of carbonyl (C=O) groups is 2. The highest BCUT2D eigenvalue weighted by atomic mass is 35.5. The van der Waals surface area contributed by atoms with Gasteiger partial charge in [-0.25, -0.2) is 8.78 Å². The third kappa shape index (κ3) is 7.76. The van der Waals surface area contributed by atoms with Gasteiger partial charge in [-0.1, -0.05) is 53.5 Å². The molecule has 1 heterocycles. The summed E-state index contributed by atoms with van der Waals surface area (Å²) in [6.45, 7) is 2.13. The first-order valence-electron chi connectivity index (χ1n) is 12.7. The van der Waals surface area contributed by atoms with Gasteiger partial charge in [-0.15, -0.1) is 0 Å². The molecule has 1 aliphatic rings. The molecule has 0 radical (unpaired) electrons. The second kappa shape index (κ2) is 13.3. The highest BCUT2D eigenvalue weighted by molar-refractivity contribution is 6.39. The molecule has 206 valence electrons. The molecule has 0 bridgehead atoms. The zero-order chi connectivity index (χ0) is 27.9. The van der Waals surface area contributed by atoms with Crippen molar-refractivity contribution in [3.63, 3.8) is 0 Å². The number of anilines is 1. The van der Waals surface area contributed by atoms with Gasteiger partial charge in [0.05, 0.1) is 22.3 Å². The van der Waals surface area contributed by atoms with Gasteiger partial charge in [0.1, 0.15) is 17.7 Å². The van der Waals surface area contributed by atoms with Crippen molar-refractivity contribution in [1.29, 1.82) is 0 Å². The van der Waals surface area contributed by atoms with E-state index in [1.807, 2.05) is 9.80 Å². The van der Waals surface area contributed by atoms with Crippen LogP contribution in [0.2, 0.25) is 10.0 Å². The third-order valence-corrected chi connectivity index (χ3v) is 7.61. The number of benzene rings is 3. The van der Waals surface area contributed by atoms with E-state index in [2.05, 4.69) is 5.32 Å². The Morgan fingerprint density at radius 3 is 2.03 bits per heavy atom. The standard InChI is InChI=1S/C29H30Cl2F2N4O2/c30-24-4-1-5-25(31)28(24)35-27(38)18-36-15-16-37(26(17-36)29(34)39)14-2-3-23(19-6-10-21(32)11-7-19)20-8-12-22(33)13-9-20/h1,4-13,23,26H,2-3,14-18H2,(H2,34,39)(H,35,38). The number of carbonyl (C=O) groups excluding carboxylic acids is 2. The van der Waals surface area contributed by atoms with E-state index in [1.165, 1.54) is 24.3 Å². The van der Waals surface area contributed by atoms with Crippen molar-refractivity contribution in [3.05, 3.63) is 99.5 Å². The van der Waals surface area contributed by atoms with Crippen LogP contribution in [0.4, 0.5) is 14.5 Å². The molecule has 0 saturated carbocycles. The number of rotatable bonds is 10. The molecule has 10 heteroatoms. The van der Waals surface area contributed by atoms with E-state index in [-0.39, 0.29) is 30.0 Å². The molecule has 0 aliphatic carbocycles. The summed E-state index contributed by atoms with van der Waals surface area (Å²) in [5.74, 6) is -1.43. The first-order chi connectivity index (χ1) is 18.7. The topological polar surface area (TPSA) is 78.7 Å². The molecule has 0 spiro atoms. The van der Waals surface area contributed by atoms with Gasteiger partial charge in [-0.2, -0.15) is 0 Å². The lowest BCUT2D eigenvalue weighted by Gasteiger charge is -2.39. The van der Waals surface area contributed by atoms with Crippen molar-refractivity contribution in [2.75, 3.05) is 38.0 Å².